The minimum absolute atomic E-state index is 0.288. The molecule has 1 heterocycles. The van der Waals surface area contributed by atoms with E-state index in [1.54, 1.807) is 14.2 Å². The molecule has 1 N–H and O–H groups in total. The maximum absolute atomic E-state index is 5.63. The molecule has 1 aliphatic heterocycles. The zero-order valence-corrected chi connectivity index (χ0v) is 12.6. The van der Waals surface area contributed by atoms with Crippen molar-refractivity contribution >= 4 is 0 Å². The van der Waals surface area contributed by atoms with Crippen molar-refractivity contribution in [1.29, 1.82) is 0 Å². The highest BCUT2D eigenvalue weighted by Crippen LogP contribution is 2.29. The predicted octanol–water partition coefficient (Wildman–Crippen LogP) is 2.92. The number of benzene rings is 1. The summed E-state index contributed by atoms with van der Waals surface area (Å²) < 4.78 is 16.2. The van der Waals surface area contributed by atoms with Gasteiger partial charge in [-0.05, 0) is 50.4 Å². The number of hydrogen-bond donors (Lipinski definition) is 1. The van der Waals surface area contributed by atoms with Crippen LogP contribution < -0.4 is 14.8 Å². The third-order valence-corrected chi connectivity index (χ3v) is 3.85. The van der Waals surface area contributed by atoms with Crippen molar-refractivity contribution in [3.05, 3.63) is 23.8 Å². The van der Waals surface area contributed by atoms with Crippen LogP contribution in [0.4, 0.5) is 0 Å². The zero-order valence-electron chi connectivity index (χ0n) is 12.6. The van der Waals surface area contributed by atoms with E-state index in [4.69, 9.17) is 14.2 Å². The van der Waals surface area contributed by atoms with E-state index in [-0.39, 0.29) is 6.04 Å². The molecule has 20 heavy (non-hydrogen) atoms. The van der Waals surface area contributed by atoms with Gasteiger partial charge in [0.05, 0.1) is 20.3 Å². The van der Waals surface area contributed by atoms with Crippen LogP contribution in [0.15, 0.2) is 18.2 Å². The average molecular weight is 279 g/mol. The van der Waals surface area contributed by atoms with E-state index in [2.05, 4.69) is 18.3 Å². The second-order valence-electron chi connectivity index (χ2n) is 5.21. The van der Waals surface area contributed by atoms with E-state index < -0.39 is 0 Å². The van der Waals surface area contributed by atoms with Gasteiger partial charge >= 0.3 is 0 Å². The first kappa shape index (κ1) is 15.1. The molecule has 1 aromatic carbocycles. The lowest BCUT2D eigenvalue weighted by Gasteiger charge is -2.17. The van der Waals surface area contributed by atoms with Gasteiger partial charge in [0.25, 0.3) is 0 Å². The molecule has 2 atom stereocenters. The van der Waals surface area contributed by atoms with Crippen molar-refractivity contribution in [2.45, 2.75) is 38.3 Å². The molecule has 0 aromatic heterocycles. The van der Waals surface area contributed by atoms with Gasteiger partial charge in [0, 0.05) is 12.6 Å². The Balaban J connectivity index is 1.86. The van der Waals surface area contributed by atoms with Crippen LogP contribution in [-0.4, -0.2) is 33.5 Å². The van der Waals surface area contributed by atoms with Crippen LogP contribution in [0, 0.1) is 0 Å². The molecule has 0 bridgehead atoms. The molecule has 1 aromatic rings. The summed E-state index contributed by atoms with van der Waals surface area (Å²) in [5.74, 6) is 1.54. The summed E-state index contributed by atoms with van der Waals surface area (Å²) in [7, 11) is 3.32. The minimum atomic E-state index is 0.288. The summed E-state index contributed by atoms with van der Waals surface area (Å²) in [6, 6.07) is 6.34. The second kappa shape index (κ2) is 7.50. The van der Waals surface area contributed by atoms with Crippen LogP contribution in [0.2, 0.25) is 0 Å². The number of ether oxygens (including phenoxy) is 3. The Morgan fingerprint density at radius 3 is 2.75 bits per heavy atom. The number of rotatable bonds is 7. The predicted molar refractivity (Wildman–Crippen MR) is 79.6 cm³/mol. The fraction of sp³-hybridized carbons (Fsp3) is 0.625. The first-order valence-electron chi connectivity index (χ1n) is 7.31. The number of nitrogens with one attached hydrogen (secondary N) is 1. The lowest BCUT2D eigenvalue weighted by molar-refractivity contribution is 0.103. The molecule has 0 aliphatic carbocycles. The van der Waals surface area contributed by atoms with Crippen LogP contribution in [0.1, 0.15) is 37.8 Å². The summed E-state index contributed by atoms with van der Waals surface area (Å²) in [6.45, 7) is 4.06. The summed E-state index contributed by atoms with van der Waals surface area (Å²) >= 11 is 0. The quantitative estimate of drug-likeness (QED) is 0.833. The number of methoxy groups -OCH3 is 2. The molecule has 0 amide bonds. The molecular formula is C16H25NO3. The van der Waals surface area contributed by atoms with E-state index in [1.807, 2.05) is 12.1 Å². The van der Waals surface area contributed by atoms with Crippen molar-refractivity contribution in [3.8, 4) is 11.5 Å². The molecule has 112 valence electrons. The fourth-order valence-electron chi connectivity index (χ4n) is 2.57. The molecule has 2 unspecified atom stereocenters. The van der Waals surface area contributed by atoms with Gasteiger partial charge in [0.2, 0.25) is 0 Å². The first-order valence-corrected chi connectivity index (χ1v) is 7.31. The van der Waals surface area contributed by atoms with Gasteiger partial charge in [-0.25, -0.2) is 0 Å². The molecule has 4 heteroatoms. The SMILES string of the molecule is COc1ccc(C(C)NCCC2CCCO2)cc1OC. The van der Waals surface area contributed by atoms with Gasteiger partial charge in [-0.1, -0.05) is 6.07 Å². The number of hydrogen-bond acceptors (Lipinski definition) is 4. The second-order valence-corrected chi connectivity index (χ2v) is 5.21. The lowest BCUT2D eigenvalue weighted by atomic mass is 10.1. The summed E-state index contributed by atoms with van der Waals surface area (Å²) in [4.78, 5) is 0. The third-order valence-electron chi connectivity index (χ3n) is 3.85. The van der Waals surface area contributed by atoms with Gasteiger partial charge < -0.3 is 19.5 Å². The summed E-state index contributed by atoms with van der Waals surface area (Å²) in [5.41, 5.74) is 1.20. The van der Waals surface area contributed by atoms with E-state index in [0.717, 1.165) is 31.1 Å². The standard InChI is InChI=1S/C16H25NO3/c1-12(17-9-8-14-5-4-10-20-14)13-6-7-15(18-2)16(11-13)19-3/h6-7,11-12,14,17H,4-5,8-10H2,1-3H3. The topological polar surface area (TPSA) is 39.7 Å². The van der Waals surface area contributed by atoms with Crippen LogP contribution in [0.5, 0.6) is 11.5 Å². The van der Waals surface area contributed by atoms with Crippen LogP contribution in [0.3, 0.4) is 0 Å². The van der Waals surface area contributed by atoms with Crippen LogP contribution in [-0.2, 0) is 4.74 Å². The van der Waals surface area contributed by atoms with Crippen molar-refractivity contribution in [3.63, 3.8) is 0 Å². The third kappa shape index (κ3) is 3.87. The highest BCUT2D eigenvalue weighted by molar-refractivity contribution is 5.43. The van der Waals surface area contributed by atoms with Gasteiger partial charge in [-0.15, -0.1) is 0 Å². The minimum Gasteiger partial charge on any atom is -0.493 e. The molecule has 0 spiro atoms. The summed E-state index contributed by atoms with van der Waals surface area (Å²) in [5, 5.41) is 3.54. The van der Waals surface area contributed by atoms with Crippen LogP contribution in [0.25, 0.3) is 0 Å². The normalized spacial score (nSPS) is 19.9. The molecule has 1 aliphatic rings. The maximum atomic E-state index is 5.63. The molecular weight excluding hydrogens is 254 g/mol. The molecule has 2 rings (SSSR count). The zero-order chi connectivity index (χ0) is 14.4. The maximum Gasteiger partial charge on any atom is 0.161 e. The fourth-order valence-corrected chi connectivity index (χ4v) is 2.57. The van der Waals surface area contributed by atoms with Crippen molar-refractivity contribution in [1.82, 2.24) is 5.32 Å². The highest BCUT2D eigenvalue weighted by atomic mass is 16.5. The van der Waals surface area contributed by atoms with Crippen molar-refractivity contribution in [2.24, 2.45) is 0 Å². The van der Waals surface area contributed by atoms with Crippen LogP contribution >= 0.6 is 0 Å². The summed E-state index contributed by atoms with van der Waals surface area (Å²) in [6.07, 6.45) is 3.93. The Hall–Kier alpha value is -1.26. The molecule has 4 nitrogen and oxygen atoms in total. The lowest BCUT2D eigenvalue weighted by Crippen LogP contribution is -2.23. The van der Waals surface area contributed by atoms with E-state index in [1.165, 1.54) is 18.4 Å². The molecule has 1 fully saturated rings. The van der Waals surface area contributed by atoms with Crippen molar-refractivity contribution < 1.29 is 14.2 Å². The molecule has 0 radical (unpaired) electrons. The van der Waals surface area contributed by atoms with E-state index in [0.29, 0.717) is 6.10 Å². The Morgan fingerprint density at radius 1 is 1.30 bits per heavy atom. The van der Waals surface area contributed by atoms with Gasteiger partial charge in [-0.3, -0.25) is 0 Å². The Kier molecular flexibility index (Phi) is 5.68. The van der Waals surface area contributed by atoms with Gasteiger partial charge in [0.15, 0.2) is 11.5 Å². The molecule has 0 saturated carbocycles. The smallest absolute Gasteiger partial charge is 0.161 e. The van der Waals surface area contributed by atoms with Crippen molar-refractivity contribution in [2.75, 3.05) is 27.4 Å². The largest absolute Gasteiger partial charge is 0.493 e. The molecule has 1 saturated heterocycles. The van der Waals surface area contributed by atoms with Gasteiger partial charge in [0.1, 0.15) is 0 Å². The Bertz CT molecular complexity index is 416. The van der Waals surface area contributed by atoms with E-state index in [9.17, 15) is 0 Å². The van der Waals surface area contributed by atoms with Gasteiger partial charge in [-0.2, -0.15) is 0 Å². The van der Waals surface area contributed by atoms with E-state index >= 15 is 0 Å². The highest BCUT2D eigenvalue weighted by Gasteiger charge is 2.15. The Morgan fingerprint density at radius 2 is 2.10 bits per heavy atom. The first-order chi connectivity index (χ1) is 9.74. The average Bonchev–Trinajstić information content (AvgIpc) is 2.99. The Labute approximate surface area is 121 Å². The monoisotopic (exact) mass is 279 g/mol.